The molecule has 9 nitrogen and oxygen atoms in total. The normalized spacial score (nSPS) is 11.8. The number of rotatable bonds is 15. The van der Waals surface area contributed by atoms with E-state index in [1.54, 1.807) is 32.0 Å². The summed E-state index contributed by atoms with van der Waals surface area (Å²) < 4.78 is 59.0. The third-order valence-electron chi connectivity index (χ3n) is 6.81. The van der Waals surface area contributed by atoms with Gasteiger partial charge in [-0.3, -0.25) is 9.59 Å². The molecular formula is C30H33F2O9PS2. The molecule has 4 rings (SSSR count). The standard InChI is InChI=1S/C30H33F2O9PS2/c1-30(2,29(34)39-5)15-19(33)24-12-18-23(44-24)14-21(38-4)28(26(18)32)41-9-6-8-40-27-20(37-3)13-22-17(25(27)31)11-16(43-22)7-10-42(35)36/h11-14,35-36H,6-10,15H2,1-5H3. The number of ether oxygens (including phenoxy) is 5. The van der Waals surface area contributed by atoms with Crippen molar-refractivity contribution in [2.45, 2.75) is 33.1 Å². The summed E-state index contributed by atoms with van der Waals surface area (Å²) in [5.74, 6) is -1.94. The molecule has 0 aliphatic heterocycles. The van der Waals surface area contributed by atoms with Crippen LogP contribution in [0, 0.1) is 17.0 Å². The lowest BCUT2D eigenvalue weighted by Gasteiger charge is -2.19. The van der Waals surface area contributed by atoms with Gasteiger partial charge in [-0.15, -0.1) is 22.7 Å². The SMILES string of the molecule is COC(=O)C(C)(C)CC(=O)c1cc2c(F)c(OCCCOc3c(OC)cc4sc(CCP(O)O)cc4c3F)c(OC)cc2s1. The predicted molar refractivity (Wildman–Crippen MR) is 167 cm³/mol. The molecule has 238 valence electrons. The second-order valence-corrected chi connectivity index (χ2v) is 13.9. The number of Topliss-reactive ketones (excluding diaryl/α,β-unsaturated/α-hetero) is 1. The summed E-state index contributed by atoms with van der Waals surface area (Å²) in [6, 6.07) is 6.36. The van der Waals surface area contributed by atoms with Crippen LogP contribution in [0.4, 0.5) is 8.78 Å². The van der Waals surface area contributed by atoms with Crippen molar-refractivity contribution in [3.63, 3.8) is 0 Å². The topological polar surface area (TPSA) is 121 Å². The van der Waals surface area contributed by atoms with Crippen molar-refractivity contribution in [1.82, 2.24) is 0 Å². The molecule has 0 radical (unpaired) electrons. The van der Waals surface area contributed by atoms with Gasteiger partial charge < -0.3 is 33.5 Å². The Kier molecular flexibility index (Phi) is 11.0. The van der Waals surface area contributed by atoms with Crippen LogP contribution in [0.2, 0.25) is 0 Å². The predicted octanol–water partition coefficient (Wildman–Crippen LogP) is 6.87. The number of carbonyl (C=O) groups is 2. The van der Waals surface area contributed by atoms with Gasteiger partial charge in [-0.05, 0) is 32.4 Å². The second-order valence-electron chi connectivity index (χ2n) is 10.5. The molecule has 0 amide bonds. The third kappa shape index (κ3) is 7.40. The van der Waals surface area contributed by atoms with Gasteiger partial charge in [-0.25, -0.2) is 8.78 Å². The van der Waals surface area contributed by atoms with Crippen molar-refractivity contribution in [3.05, 3.63) is 45.7 Å². The van der Waals surface area contributed by atoms with Crippen LogP contribution in [0.1, 0.15) is 41.2 Å². The van der Waals surface area contributed by atoms with Crippen LogP contribution < -0.4 is 18.9 Å². The second kappa shape index (κ2) is 14.3. The Morgan fingerprint density at radius 1 is 0.864 bits per heavy atom. The van der Waals surface area contributed by atoms with Crippen LogP contribution in [0.3, 0.4) is 0 Å². The Hall–Kier alpha value is -3.09. The zero-order valence-electron chi connectivity index (χ0n) is 24.8. The minimum atomic E-state index is -2.04. The molecule has 2 heterocycles. The Labute approximate surface area is 262 Å². The molecule has 0 saturated carbocycles. The Morgan fingerprint density at radius 2 is 1.41 bits per heavy atom. The van der Waals surface area contributed by atoms with E-state index in [0.29, 0.717) is 26.1 Å². The van der Waals surface area contributed by atoms with E-state index in [4.69, 9.17) is 23.7 Å². The van der Waals surface area contributed by atoms with Crippen LogP contribution in [-0.4, -0.2) is 62.2 Å². The highest BCUT2D eigenvalue weighted by Gasteiger charge is 2.33. The molecule has 0 spiro atoms. The van der Waals surface area contributed by atoms with Gasteiger partial charge in [0.1, 0.15) is 0 Å². The van der Waals surface area contributed by atoms with E-state index in [-0.39, 0.29) is 66.4 Å². The largest absolute Gasteiger partial charge is 0.493 e. The summed E-state index contributed by atoms with van der Waals surface area (Å²) in [5, 5.41) is 0.533. The van der Waals surface area contributed by atoms with Gasteiger partial charge in [-0.2, -0.15) is 0 Å². The van der Waals surface area contributed by atoms with Crippen LogP contribution >= 0.6 is 31.0 Å². The third-order valence-corrected chi connectivity index (χ3v) is 9.70. The zero-order valence-corrected chi connectivity index (χ0v) is 27.4. The molecule has 0 unspecified atom stereocenters. The number of halogens is 2. The molecule has 0 atom stereocenters. The monoisotopic (exact) mass is 670 g/mol. The highest BCUT2D eigenvalue weighted by atomic mass is 32.1. The van der Waals surface area contributed by atoms with E-state index < -0.39 is 31.4 Å². The van der Waals surface area contributed by atoms with Crippen LogP contribution in [0.15, 0.2) is 24.3 Å². The molecule has 2 aromatic heterocycles. The summed E-state index contributed by atoms with van der Waals surface area (Å²) in [5.41, 5.74) is -1.04. The summed E-state index contributed by atoms with van der Waals surface area (Å²) in [4.78, 5) is 44.4. The minimum Gasteiger partial charge on any atom is -0.493 e. The first-order valence-electron chi connectivity index (χ1n) is 13.5. The molecule has 14 heteroatoms. The van der Waals surface area contributed by atoms with Crippen molar-refractivity contribution in [3.8, 4) is 23.0 Å². The number of esters is 1. The maximum absolute atomic E-state index is 15.6. The van der Waals surface area contributed by atoms with Crippen molar-refractivity contribution >= 4 is 63.0 Å². The number of methoxy groups -OCH3 is 3. The summed E-state index contributed by atoms with van der Waals surface area (Å²) in [6.07, 6.45) is 0.775. The fraction of sp³-hybridized carbons (Fsp3) is 0.400. The first kappa shape index (κ1) is 33.8. The lowest BCUT2D eigenvalue weighted by Crippen LogP contribution is -2.28. The average molecular weight is 671 g/mol. The number of carbonyl (C=O) groups excluding carboxylic acids is 2. The molecule has 0 bridgehead atoms. The first-order valence-corrected chi connectivity index (χ1v) is 16.6. The lowest BCUT2D eigenvalue weighted by atomic mass is 9.87. The summed E-state index contributed by atoms with van der Waals surface area (Å²) in [7, 11) is 2.01. The fourth-order valence-electron chi connectivity index (χ4n) is 4.54. The minimum absolute atomic E-state index is 0.0160. The molecule has 0 aliphatic rings. The highest BCUT2D eigenvalue weighted by Crippen LogP contribution is 2.42. The molecule has 4 aromatic rings. The van der Waals surface area contributed by atoms with Crippen molar-refractivity contribution < 1.29 is 51.8 Å². The molecule has 0 saturated heterocycles. The van der Waals surface area contributed by atoms with Gasteiger partial charge in [0, 0.05) is 56.2 Å². The molecule has 2 N–H and O–H groups in total. The van der Waals surface area contributed by atoms with Gasteiger partial charge >= 0.3 is 5.97 Å². The Morgan fingerprint density at radius 3 is 1.93 bits per heavy atom. The number of benzene rings is 2. The van der Waals surface area contributed by atoms with E-state index in [1.807, 2.05) is 0 Å². The highest BCUT2D eigenvalue weighted by molar-refractivity contribution is 7.45. The molecular weight excluding hydrogens is 637 g/mol. The maximum Gasteiger partial charge on any atom is 0.311 e. The molecule has 2 aromatic carbocycles. The number of fused-ring (bicyclic) bond motifs is 2. The molecule has 0 aliphatic carbocycles. The quantitative estimate of drug-likeness (QED) is 0.0604. The van der Waals surface area contributed by atoms with Gasteiger partial charge in [0.2, 0.25) is 0 Å². The number of aryl methyl sites for hydroxylation is 1. The van der Waals surface area contributed by atoms with Gasteiger partial charge in [0.25, 0.3) is 0 Å². The van der Waals surface area contributed by atoms with E-state index in [1.165, 1.54) is 38.7 Å². The van der Waals surface area contributed by atoms with Crippen molar-refractivity contribution in [2.24, 2.45) is 5.41 Å². The number of hydrogen-bond acceptors (Lipinski definition) is 11. The summed E-state index contributed by atoms with van der Waals surface area (Å²) in [6.45, 7) is 3.27. The van der Waals surface area contributed by atoms with Crippen LogP contribution in [0.5, 0.6) is 23.0 Å². The summed E-state index contributed by atoms with van der Waals surface area (Å²) >= 11 is 2.44. The van der Waals surface area contributed by atoms with E-state index >= 15 is 8.78 Å². The number of hydrogen-bond donors (Lipinski definition) is 2. The van der Waals surface area contributed by atoms with Crippen molar-refractivity contribution in [1.29, 1.82) is 0 Å². The molecule has 0 fully saturated rings. The van der Waals surface area contributed by atoms with Gasteiger partial charge in [0.05, 0.1) is 44.8 Å². The van der Waals surface area contributed by atoms with Gasteiger partial charge in [-0.1, -0.05) is 0 Å². The smallest absolute Gasteiger partial charge is 0.311 e. The lowest BCUT2D eigenvalue weighted by molar-refractivity contribution is -0.150. The van der Waals surface area contributed by atoms with E-state index in [0.717, 1.165) is 16.2 Å². The Bertz CT molecular complexity index is 1670. The van der Waals surface area contributed by atoms with Crippen LogP contribution in [-0.2, 0) is 16.0 Å². The van der Waals surface area contributed by atoms with E-state index in [9.17, 15) is 19.4 Å². The molecule has 44 heavy (non-hydrogen) atoms. The van der Waals surface area contributed by atoms with Crippen molar-refractivity contribution in [2.75, 3.05) is 40.7 Å². The first-order chi connectivity index (χ1) is 20.9. The number of ketones is 1. The number of thiophene rings is 2. The fourth-order valence-corrected chi connectivity index (χ4v) is 7.24. The van der Waals surface area contributed by atoms with Gasteiger partial charge in [0.15, 0.2) is 48.8 Å². The maximum atomic E-state index is 15.6. The zero-order chi connectivity index (χ0) is 32.2. The average Bonchev–Trinajstić information content (AvgIpc) is 3.61. The Balaban J connectivity index is 1.44. The van der Waals surface area contributed by atoms with Crippen LogP contribution in [0.25, 0.3) is 20.2 Å². The van der Waals surface area contributed by atoms with E-state index in [2.05, 4.69) is 0 Å².